The second-order valence-corrected chi connectivity index (χ2v) is 2.21. The zero-order valence-electron chi connectivity index (χ0n) is 4.13. The van der Waals surface area contributed by atoms with E-state index < -0.39 is 0 Å². The van der Waals surface area contributed by atoms with Crippen LogP contribution in [0.5, 0.6) is 0 Å². The van der Waals surface area contributed by atoms with E-state index in [4.69, 9.17) is 4.74 Å². The van der Waals surface area contributed by atoms with Crippen molar-refractivity contribution in [1.29, 1.82) is 0 Å². The second-order valence-electron chi connectivity index (χ2n) is 2.21. The second kappa shape index (κ2) is 1.20. The van der Waals surface area contributed by atoms with Crippen LogP contribution in [0.4, 0.5) is 0 Å². The van der Waals surface area contributed by atoms with Gasteiger partial charge in [-0.05, 0) is 6.42 Å². The van der Waals surface area contributed by atoms with Gasteiger partial charge in [0.2, 0.25) is 0 Å². The summed E-state index contributed by atoms with van der Waals surface area (Å²) in [7, 11) is 0. The maximum Gasteiger partial charge on any atom is 0.0733 e. The normalized spacial score (nSPS) is 48.0. The summed E-state index contributed by atoms with van der Waals surface area (Å²) in [5, 5.41) is 4.28. The Bertz CT molecular complexity index is 66.1. The summed E-state index contributed by atoms with van der Waals surface area (Å²) >= 11 is 0. The number of nitrogens with zero attached hydrogens (tertiary/aromatic N) is 1. The Morgan fingerprint density at radius 2 is 2.57 bits per heavy atom. The zero-order valence-corrected chi connectivity index (χ0v) is 4.13. The van der Waals surface area contributed by atoms with Crippen molar-refractivity contribution in [2.45, 2.75) is 18.6 Å². The van der Waals surface area contributed by atoms with E-state index >= 15 is 0 Å². The van der Waals surface area contributed by atoms with Crippen LogP contribution in [0.15, 0.2) is 0 Å². The van der Waals surface area contributed by atoms with Crippen molar-refractivity contribution in [3.63, 3.8) is 0 Å². The molecule has 2 aliphatic rings. The highest BCUT2D eigenvalue weighted by molar-refractivity contribution is 4.87. The van der Waals surface area contributed by atoms with Crippen LogP contribution in [0.25, 0.3) is 0 Å². The van der Waals surface area contributed by atoms with Crippen molar-refractivity contribution in [2.24, 2.45) is 0 Å². The molecule has 2 heterocycles. The van der Waals surface area contributed by atoms with Gasteiger partial charge in [0.25, 0.3) is 0 Å². The topological polar surface area (TPSA) is 23.3 Å². The largest absolute Gasteiger partial charge is 0.375 e. The third-order valence-corrected chi connectivity index (χ3v) is 1.63. The summed E-state index contributed by atoms with van der Waals surface area (Å²) in [5.74, 6) is 0. The van der Waals surface area contributed by atoms with Crippen LogP contribution in [0.2, 0.25) is 0 Å². The number of hydrogen-bond acceptors (Lipinski definition) is 1. The van der Waals surface area contributed by atoms with Gasteiger partial charge in [-0.25, -0.2) is 5.32 Å². The summed E-state index contributed by atoms with van der Waals surface area (Å²) in [6.45, 7) is 1.86. The first-order valence-electron chi connectivity index (χ1n) is 2.73. The van der Waals surface area contributed by atoms with Gasteiger partial charge in [0.1, 0.15) is 0 Å². The van der Waals surface area contributed by atoms with Gasteiger partial charge >= 0.3 is 0 Å². The summed E-state index contributed by atoms with van der Waals surface area (Å²) < 4.78 is 5.26. The summed E-state index contributed by atoms with van der Waals surface area (Å²) in [4.78, 5) is 0. The molecule has 0 saturated carbocycles. The van der Waals surface area contributed by atoms with Crippen LogP contribution in [0.1, 0.15) is 6.42 Å². The third kappa shape index (κ3) is 0.469. The molecular weight excluding hydrogens is 90.1 g/mol. The Morgan fingerprint density at radius 1 is 1.57 bits per heavy atom. The van der Waals surface area contributed by atoms with Crippen LogP contribution in [-0.4, -0.2) is 25.3 Å². The highest BCUT2D eigenvalue weighted by Crippen LogP contribution is 2.19. The molecule has 2 nitrogen and oxygen atoms in total. The van der Waals surface area contributed by atoms with Crippen LogP contribution in [0, 0.1) is 0 Å². The smallest absolute Gasteiger partial charge is 0.0733 e. The van der Waals surface area contributed by atoms with Gasteiger partial charge < -0.3 is 4.74 Å². The molecule has 2 bridgehead atoms. The third-order valence-electron chi connectivity index (χ3n) is 1.63. The molecule has 2 rings (SSSR count). The van der Waals surface area contributed by atoms with Crippen molar-refractivity contribution in [1.82, 2.24) is 5.32 Å². The van der Waals surface area contributed by atoms with Gasteiger partial charge in [-0.1, -0.05) is 0 Å². The minimum absolute atomic E-state index is 0.505. The van der Waals surface area contributed by atoms with Gasteiger partial charge in [0, 0.05) is 6.54 Å². The molecule has 2 saturated heterocycles. The minimum Gasteiger partial charge on any atom is -0.375 e. The number of morpholine rings is 1. The lowest BCUT2D eigenvalue weighted by Gasteiger charge is -2.07. The fourth-order valence-corrected chi connectivity index (χ4v) is 1.21. The summed E-state index contributed by atoms with van der Waals surface area (Å²) in [6.07, 6.45) is 1.70. The maximum absolute atomic E-state index is 5.26. The van der Waals surface area contributed by atoms with E-state index in [1.807, 2.05) is 0 Å². The van der Waals surface area contributed by atoms with Crippen molar-refractivity contribution < 1.29 is 4.74 Å². The standard InChI is InChI=1S/C5H8NO/c1-4-3-7-5(1)2-6-4/h4-5H,1-3H2/t4-,5-/m0/s1. The maximum atomic E-state index is 5.26. The lowest BCUT2D eigenvalue weighted by Crippen LogP contribution is -2.24. The molecule has 1 radical (unpaired) electrons. The van der Waals surface area contributed by atoms with Gasteiger partial charge in [0.15, 0.2) is 0 Å². The monoisotopic (exact) mass is 98.1 g/mol. The Morgan fingerprint density at radius 3 is 2.71 bits per heavy atom. The van der Waals surface area contributed by atoms with E-state index in [-0.39, 0.29) is 0 Å². The highest BCUT2D eigenvalue weighted by Gasteiger charge is 2.32. The van der Waals surface area contributed by atoms with E-state index in [0.717, 1.165) is 13.2 Å². The Labute approximate surface area is 42.9 Å². The molecule has 2 aliphatic heterocycles. The van der Waals surface area contributed by atoms with Crippen molar-refractivity contribution in [3.05, 3.63) is 0 Å². The lowest BCUT2D eigenvalue weighted by atomic mass is 10.3. The molecular formula is C5H8NO. The lowest BCUT2D eigenvalue weighted by molar-refractivity contribution is 0.0878. The van der Waals surface area contributed by atoms with Gasteiger partial charge in [-0.3, -0.25) is 0 Å². The Balaban J connectivity index is 2.12. The fraction of sp³-hybridized carbons (Fsp3) is 1.00. The SMILES string of the molecule is C1O[C@@H]2C[N][C@H]1C2. The van der Waals surface area contributed by atoms with E-state index in [1.54, 1.807) is 0 Å². The highest BCUT2D eigenvalue weighted by atomic mass is 16.5. The quantitative estimate of drug-likeness (QED) is 0.410. The van der Waals surface area contributed by atoms with Crippen LogP contribution < -0.4 is 5.32 Å². The van der Waals surface area contributed by atoms with Gasteiger partial charge in [0.05, 0.1) is 18.8 Å². The predicted octanol–water partition coefficient (Wildman–Crippen LogP) is -0.238. The number of hydrogen-bond donors (Lipinski definition) is 0. The van der Waals surface area contributed by atoms with E-state index in [0.29, 0.717) is 12.1 Å². The average Bonchev–Trinajstić information content (AvgIpc) is 2.22. The molecule has 7 heavy (non-hydrogen) atoms. The number of rotatable bonds is 0. The van der Waals surface area contributed by atoms with Crippen LogP contribution >= 0.6 is 0 Å². The summed E-state index contributed by atoms with van der Waals surface area (Å²) in [5.41, 5.74) is 0. The first-order chi connectivity index (χ1) is 3.45. The first kappa shape index (κ1) is 3.87. The predicted molar refractivity (Wildman–Crippen MR) is 25.1 cm³/mol. The molecule has 0 aliphatic carbocycles. The average molecular weight is 98.1 g/mol. The fourth-order valence-electron chi connectivity index (χ4n) is 1.21. The molecule has 2 atom stereocenters. The molecule has 0 amide bonds. The molecule has 0 unspecified atom stereocenters. The molecule has 0 aromatic carbocycles. The Kier molecular flexibility index (Phi) is 0.664. The molecule has 2 heteroatoms. The van der Waals surface area contributed by atoms with Crippen molar-refractivity contribution in [2.75, 3.05) is 13.2 Å². The van der Waals surface area contributed by atoms with Gasteiger partial charge in [-0.15, -0.1) is 0 Å². The molecule has 2 fully saturated rings. The number of fused-ring (bicyclic) bond motifs is 2. The van der Waals surface area contributed by atoms with Crippen molar-refractivity contribution in [3.8, 4) is 0 Å². The van der Waals surface area contributed by atoms with Gasteiger partial charge in [-0.2, -0.15) is 0 Å². The summed E-state index contributed by atoms with van der Waals surface area (Å²) in [6, 6.07) is 0.574. The van der Waals surface area contributed by atoms with E-state index in [1.165, 1.54) is 6.42 Å². The molecule has 0 spiro atoms. The van der Waals surface area contributed by atoms with Crippen LogP contribution in [0.3, 0.4) is 0 Å². The molecule has 39 valence electrons. The molecule has 0 aromatic rings. The minimum atomic E-state index is 0.505. The zero-order chi connectivity index (χ0) is 4.69. The molecule has 0 N–H and O–H groups in total. The van der Waals surface area contributed by atoms with E-state index in [9.17, 15) is 0 Å². The van der Waals surface area contributed by atoms with E-state index in [2.05, 4.69) is 5.32 Å². The van der Waals surface area contributed by atoms with Crippen LogP contribution in [-0.2, 0) is 4.74 Å². The Hall–Kier alpha value is -0.0800. The molecule has 0 aromatic heterocycles. The first-order valence-corrected chi connectivity index (χ1v) is 2.73. The van der Waals surface area contributed by atoms with Crippen molar-refractivity contribution >= 4 is 0 Å². The number of ether oxygens (including phenoxy) is 1.